The van der Waals surface area contributed by atoms with E-state index >= 15 is 0 Å². The topological polar surface area (TPSA) is 35.0 Å². The molecule has 0 aliphatic rings. The van der Waals surface area contributed by atoms with Crippen molar-refractivity contribution in [1.82, 2.24) is 6.15 Å². The van der Waals surface area contributed by atoms with Crippen LogP contribution in [0.3, 0.4) is 0 Å². The molecule has 0 aliphatic heterocycles. The van der Waals surface area contributed by atoms with Crippen LogP contribution >= 0.6 is 0 Å². The smallest absolute Gasteiger partial charge is 0.0500 e. The van der Waals surface area contributed by atoms with Gasteiger partial charge in [0.25, 0.3) is 0 Å². The molecule has 0 rings (SSSR count). The number of rotatable bonds is 0. The molecule has 1 nitrogen and oxygen atoms in total. The van der Waals surface area contributed by atoms with Crippen molar-refractivity contribution in [1.29, 1.82) is 0 Å². The zero-order valence-electron chi connectivity index (χ0n) is 7.86. The van der Waals surface area contributed by atoms with E-state index < -0.39 is 0 Å². The molecule has 0 fully saturated rings. The van der Waals surface area contributed by atoms with Crippen molar-refractivity contribution in [2.24, 2.45) is 11.8 Å². The van der Waals surface area contributed by atoms with Crippen LogP contribution < -0.4 is 6.15 Å². The third-order valence-corrected chi connectivity index (χ3v) is 0. The maximum atomic E-state index is 2.17. The lowest BCUT2D eigenvalue weighted by molar-refractivity contribution is 0.736. The molecule has 0 bridgehead atoms. The van der Waals surface area contributed by atoms with Crippen LogP contribution in [0, 0.1) is 11.8 Å². The van der Waals surface area contributed by atoms with Gasteiger partial charge < -0.3 is 6.15 Å². The van der Waals surface area contributed by atoms with Gasteiger partial charge in [0, 0.05) is 0 Å². The van der Waals surface area contributed by atoms with Gasteiger partial charge in [0.15, 0.2) is 0 Å². The average molecular weight is 133 g/mol. The molecule has 0 unspecified atom stereocenters. The van der Waals surface area contributed by atoms with E-state index in [9.17, 15) is 0 Å². The second-order valence-corrected chi connectivity index (χ2v) is 3.46. The van der Waals surface area contributed by atoms with Crippen molar-refractivity contribution in [3.8, 4) is 0 Å². The highest BCUT2D eigenvalue weighted by molar-refractivity contribution is 4.21. The molecule has 0 atom stereocenters. The van der Waals surface area contributed by atoms with E-state index in [1.165, 1.54) is 0 Å². The molecule has 0 heterocycles. The Morgan fingerprint density at radius 2 is 0.556 bits per heavy atom. The maximum Gasteiger partial charge on any atom is -0.0500 e. The summed E-state index contributed by atoms with van der Waals surface area (Å²) in [7, 11) is 0. The quantitative estimate of drug-likeness (QED) is 0.539. The van der Waals surface area contributed by atoms with E-state index in [2.05, 4.69) is 41.5 Å². The van der Waals surface area contributed by atoms with E-state index in [0.717, 1.165) is 11.8 Å². The fourth-order valence-corrected chi connectivity index (χ4v) is 0. The Balaban J connectivity index is -0.0000000720. The Bertz CT molecular complexity index is 20.0. The van der Waals surface area contributed by atoms with Crippen molar-refractivity contribution in [3.63, 3.8) is 0 Å². The third-order valence-electron chi connectivity index (χ3n) is 0. The summed E-state index contributed by atoms with van der Waals surface area (Å²) < 4.78 is 0. The lowest BCUT2D eigenvalue weighted by atomic mass is 10.3. The monoisotopic (exact) mass is 133 g/mol. The molecule has 60 valence electrons. The summed E-state index contributed by atoms with van der Waals surface area (Å²) in [5.74, 6) is 1.67. The Labute approximate surface area is 60.4 Å². The second-order valence-electron chi connectivity index (χ2n) is 3.46. The lowest BCUT2D eigenvalue weighted by Gasteiger charge is -1.79. The van der Waals surface area contributed by atoms with Crippen molar-refractivity contribution in [2.45, 2.75) is 41.5 Å². The first kappa shape index (κ1) is 16.0. The molecule has 0 radical (unpaired) electrons. The highest BCUT2D eigenvalue weighted by atomic mass is 14.0. The van der Waals surface area contributed by atoms with Crippen LogP contribution in [0.4, 0.5) is 0 Å². The predicted molar refractivity (Wildman–Crippen MR) is 46.0 cm³/mol. The molecule has 0 saturated carbocycles. The summed E-state index contributed by atoms with van der Waals surface area (Å²) in [6.07, 6.45) is 0. The fraction of sp³-hybridized carbons (Fsp3) is 1.00. The molecule has 0 aromatic carbocycles. The summed E-state index contributed by atoms with van der Waals surface area (Å²) in [5.41, 5.74) is 0. The fourth-order valence-electron chi connectivity index (χ4n) is 0. The van der Waals surface area contributed by atoms with Gasteiger partial charge in [-0.05, 0) is 11.8 Å². The molecule has 9 heavy (non-hydrogen) atoms. The van der Waals surface area contributed by atoms with Gasteiger partial charge in [-0.3, -0.25) is 0 Å². The van der Waals surface area contributed by atoms with Crippen molar-refractivity contribution in [3.05, 3.63) is 0 Å². The largest absolute Gasteiger partial charge is 0.344 e. The predicted octanol–water partition coefficient (Wildman–Crippen LogP) is 3.49. The van der Waals surface area contributed by atoms with Crippen LogP contribution in [-0.4, -0.2) is 0 Å². The standard InChI is InChI=1S/2C4H10.H3N/c2*1-4(2)3;/h2*4H,1-3H3;1H3. The Kier molecular flexibility index (Phi) is 19.3. The first-order chi connectivity index (χ1) is 3.46. The van der Waals surface area contributed by atoms with Crippen LogP contribution in [-0.2, 0) is 0 Å². The minimum absolute atomic E-state index is 0. The van der Waals surface area contributed by atoms with Gasteiger partial charge in [0.1, 0.15) is 0 Å². The van der Waals surface area contributed by atoms with Gasteiger partial charge in [-0.15, -0.1) is 0 Å². The van der Waals surface area contributed by atoms with E-state index in [1.807, 2.05) is 0 Å². The molecule has 0 aliphatic carbocycles. The van der Waals surface area contributed by atoms with Crippen molar-refractivity contribution < 1.29 is 0 Å². The summed E-state index contributed by atoms with van der Waals surface area (Å²) in [6.45, 7) is 13.0. The molecule has 0 aromatic rings. The van der Waals surface area contributed by atoms with Crippen LogP contribution in [0.2, 0.25) is 0 Å². The van der Waals surface area contributed by atoms with Gasteiger partial charge in [0.2, 0.25) is 0 Å². The Hall–Kier alpha value is -0.0400. The summed E-state index contributed by atoms with van der Waals surface area (Å²) in [4.78, 5) is 0. The highest BCUT2D eigenvalue weighted by Crippen LogP contribution is 1.81. The van der Waals surface area contributed by atoms with E-state index in [0.29, 0.717) is 0 Å². The highest BCUT2D eigenvalue weighted by Gasteiger charge is 1.68. The first-order valence-corrected chi connectivity index (χ1v) is 3.46. The van der Waals surface area contributed by atoms with Gasteiger partial charge in [-0.2, -0.15) is 0 Å². The van der Waals surface area contributed by atoms with Crippen molar-refractivity contribution >= 4 is 0 Å². The molecular weight excluding hydrogens is 110 g/mol. The Morgan fingerprint density at radius 1 is 0.556 bits per heavy atom. The third kappa shape index (κ3) is 177000. The minimum Gasteiger partial charge on any atom is -0.344 e. The zero-order chi connectivity index (χ0) is 7.15. The molecular formula is C8H23N. The van der Waals surface area contributed by atoms with Gasteiger partial charge in [0.05, 0.1) is 0 Å². The minimum atomic E-state index is 0. The van der Waals surface area contributed by atoms with E-state index in [-0.39, 0.29) is 6.15 Å². The van der Waals surface area contributed by atoms with Crippen molar-refractivity contribution in [2.75, 3.05) is 0 Å². The van der Waals surface area contributed by atoms with Crippen LogP contribution in [0.25, 0.3) is 0 Å². The van der Waals surface area contributed by atoms with E-state index in [1.54, 1.807) is 0 Å². The maximum absolute atomic E-state index is 2.17. The molecule has 0 amide bonds. The van der Waals surface area contributed by atoms with Crippen LogP contribution in [0.15, 0.2) is 0 Å². The first-order valence-electron chi connectivity index (χ1n) is 3.46. The molecule has 0 spiro atoms. The van der Waals surface area contributed by atoms with Gasteiger partial charge in [-0.25, -0.2) is 0 Å². The number of hydrogen-bond donors (Lipinski definition) is 1. The lowest BCUT2D eigenvalue weighted by Crippen LogP contribution is -1.66. The number of hydrogen-bond acceptors (Lipinski definition) is 1. The molecule has 3 N–H and O–H groups in total. The second kappa shape index (κ2) is 10.9. The Morgan fingerprint density at radius 3 is 0.556 bits per heavy atom. The van der Waals surface area contributed by atoms with E-state index in [4.69, 9.17) is 0 Å². The van der Waals surface area contributed by atoms with Gasteiger partial charge in [-0.1, -0.05) is 41.5 Å². The molecule has 0 aromatic heterocycles. The zero-order valence-corrected chi connectivity index (χ0v) is 7.86. The SMILES string of the molecule is CC(C)C.CC(C)C.N. The average Bonchev–Trinajstić information content (AvgIpc) is 1.25. The summed E-state index contributed by atoms with van der Waals surface area (Å²) in [6, 6.07) is 0. The molecule has 0 saturated heterocycles. The normalized spacial score (nSPS) is 8.00. The van der Waals surface area contributed by atoms with Crippen LogP contribution in [0.5, 0.6) is 0 Å². The molecule has 1 heteroatoms. The van der Waals surface area contributed by atoms with Crippen LogP contribution in [0.1, 0.15) is 41.5 Å². The summed E-state index contributed by atoms with van der Waals surface area (Å²) >= 11 is 0. The van der Waals surface area contributed by atoms with Gasteiger partial charge >= 0.3 is 0 Å². The summed E-state index contributed by atoms with van der Waals surface area (Å²) in [5, 5.41) is 0.